The van der Waals surface area contributed by atoms with Crippen LogP contribution in [0.4, 0.5) is 13.6 Å². The summed E-state index contributed by atoms with van der Waals surface area (Å²) in [6.45, 7) is 0.135. The molecule has 1 atom stereocenters. The first kappa shape index (κ1) is 16.6. The number of hydrogen-bond acceptors (Lipinski definition) is 3. The fourth-order valence-electron chi connectivity index (χ4n) is 2.37. The number of aliphatic hydroxyl groups is 1. The van der Waals surface area contributed by atoms with E-state index >= 15 is 0 Å². The quantitative estimate of drug-likeness (QED) is 0.792. The van der Waals surface area contributed by atoms with Crippen molar-refractivity contribution in [3.05, 3.63) is 0 Å². The Morgan fingerprint density at radius 2 is 2.05 bits per heavy atom. The molecule has 0 radical (unpaired) electrons. The number of aliphatic hydroxyl groups excluding tert-OH is 1. The molecule has 0 aromatic carbocycles. The Kier molecular flexibility index (Phi) is 5.67. The number of piperidine rings is 1. The first-order valence-corrected chi connectivity index (χ1v) is 6.52. The van der Waals surface area contributed by atoms with Gasteiger partial charge in [-0.3, -0.25) is 0 Å². The van der Waals surface area contributed by atoms with Crippen molar-refractivity contribution in [2.45, 2.75) is 38.2 Å². The van der Waals surface area contributed by atoms with Gasteiger partial charge in [-0.25, -0.2) is 18.4 Å². The number of carbonyl (C=O) groups excluding carboxylic acids is 1. The maximum Gasteiger partial charge on any atom is 0.329 e. The monoisotopic (exact) mass is 294 g/mol. The molecule has 2 amide bonds. The predicted octanol–water partition coefficient (Wildman–Crippen LogP) is 0.995. The molecule has 6 nitrogen and oxygen atoms in total. The largest absolute Gasteiger partial charge is 0.480 e. The van der Waals surface area contributed by atoms with Crippen LogP contribution in [0.15, 0.2) is 0 Å². The van der Waals surface area contributed by atoms with Gasteiger partial charge in [-0.2, -0.15) is 0 Å². The zero-order valence-electron chi connectivity index (χ0n) is 11.4. The normalized spacial score (nSPS) is 22.9. The van der Waals surface area contributed by atoms with Gasteiger partial charge in [-0.1, -0.05) is 0 Å². The van der Waals surface area contributed by atoms with Crippen LogP contribution in [0.1, 0.15) is 26.2 Å². The summed E-state index contributed by atoms with van der Waals surface area (Å²) < 4.78 is 25.0. The average molecular weight is 294 g/mol. The van der Waals surface area contributed by atoms with Gasteiger partial charge in [0.25, 0.3) is 6.43 Å². The second kappa shape index (κ2) is 6.83. The Labute approximate surface area is 116 Å². The summed E-state index contributed by atoms with van der Waals surface area (Å²) in [6.07, 6.45) is -1.14. The number of nitrogens with zero attached hydrogens (tertiary/aromatic N) is 2. The van der Waals surface area contributed by atoms with E-state index in [0.717, 1.165) is 9.80 Å². The highest BCUT2D eigenvalue weighted by Crippen LogP contribution is 2.29. The SMILES string of the molecule is CC1(C(=O)O)CCCCN1C(=O)N(CCO)CC(F)F. The van der Waals surface area contributed by atoms with Crippen molar-refractivity contribution in [2.75, 3.05) is 26.2 Å². The Hall–Kier alpha value is -1.44. The molecule has 1 rings (SSSR count). The van der Waals surface area contributed by atoms with E-state index in [4.69, 9.17) is 5.11 Å². The van der Waals surface area contributed by atoms with Gasteiger partial charge in [0.1, 0.15) is 5.54 Å². The van der Waals surface area contributed by atoms with Gasteiger partial charge in [0.15, 0.2) is 0 Å². The molecular formula is C12H20F2N2O4. The first-order valence-electron chi connectivity index (χ1n) is 6.52. The third-order valence-corrected chi connectivity index (χ3v) is 3.58. The number of hydrogen-bond donors (Lipinski definition) is 2. The average Bonchev–Trinajstić information content (AvgIpc) is 2.37. The fourth-order valence-corrected chi connectivity index (χ4v) is 2.37. The Morgan fingerprint density at radius 3 is 2.55 bits per heavy atom. The lowest BCUT2D eigenvalue weighted by Crippen LogP contribution is -2.61. The van der Waals surface area contributed by atoms with Crippen LogP contribution in [0.3, 0.4) is 0 Å². The van der Waals surface area contributed by atoms with Gasteiger partial charge in [-0.05, 0) is 26.2 Å². The van der Waals surface area contributed by atoms with Crippen LogP contribution in [0.5, 0.6) is 0 Å². The van der Waals surface area contributed by atoms with Crippen LogP contribution < -0.4 is 0 Å². The highest BCUT2D eigenvalue weighted by atomic mass is 19.3. The molecule has 2 N–H and O–H groups in total. The minimum Gasteiger partial charge on any atom is -0.480 e. The van der Waals surface area contributed by atoms with Crippen molar-refractivity contribution in [3.63, 3.8) is 0 Å². The summed E-state index contributed by atoms with van der Waals surface area (Å²) >= 11 is 0. The van der Waals surface area contributed by atoms with E-state index in [1.807, 2.05) is 0 Å². The number of carbonyl (C=O) groups is 2. The van der Waals surface area contributed by atoms with Crippen molar-refractivity contribution >= 4 is 12.0 Å². The van der Waals surface area contributed by atoms with Crippen LogP contribution in [0, 0.1) is 0 Å². The molecule has 1 aliphatic rings. The van der Waals surface area contributed by atoms with E-state index in [2.05, 4.69) is 0 Å². The Balaban J connectivity index is 2.92. The summed E-state index contributed by atoms with van der Waals surface area (Å²) in [4.78, 5) is 25.6. The molecule has 8 heteroatoms. The van der Waals surface area contributed by atoms with E-state index in [-0.39, 0.29) is 19.5 Å². The zero-order chi connectivity index (χ0) is 15.3. The number of amides is 2. The fraction of sp³-hybridized carbons (Fsp3) is 0.833. The molecule has 1 fully saturated rings. The highest BCUT2D eigenvalue weighted by Gasteiger charge is 2.45. The number of aliphatic carboxylic acids is 1. The van der Waals surface area contributed by atoms with Crippen molar-refractivity contribution in [1.82, 2.24) is 9.80 Å². The number of rotatable bonds is 5. The summed E-state index contributed by atoms with van der Waals surface area (Å²) in [5, 5.41) is 18.2. The molecule has 1 heterocycles. The third-order valence-electron chi connectivity index (χ3n) is 3.58. The number of urea groups is 1. The number of carboxylic acid groups (broad SMARTS) is 1. The topological polar surface area (TPSA) is 81.1 Å². The number of halogens is 2. The zero-order valence-corrected chi connectivity index (χ0v) is 11.4. The smallest absolute Gasteiger partial charge is 0.329 e. The number of alkyl halides is 2. The van der Waals surface area contributed by atoms with Crippen molar-refractivity contribution in [3.8, 4) is 0 Å². The second-order valence-electron chi connectivity index (χ2n) is 5.03. The molecule has 1 saturated heterocycles. The molecule has 116 valence electrons. The van der Waals surface area contributed by atoms with Gasteiger partial charge < -0.3 is 20.0 Å². The van der Waals surface area contributed by atoms with Crippen LogP contribution in [-0.4, -0.2) is 70.2 Å². The predicted molar refractivity (Wildman–Crippen MR) is 66.7 cm³/mol. The molecule has 0 aliphatic carbocycles. The molecule has 0 aromatic rings. The summed E-state index contributed by atoms with van der Waals surface area (Å²) in [5.41, 5.74) is -1.38. The third kappa shape index (κ3) is 3.56. The summed E-state index contributed by atoms with van der Waals surface area (Å²) in [7, 11) is 0. The molecule has 0 aromatic heterocycles. The molecular weight excluding hydrogens is 274 g/mol. The second-order valence-corrected chi connectivity index (χ2v) is 5.03. The van der Waals surface area contributed by atoms with Crippen LogP contribution in [-0.2, 0) is 4.79 Å². The van der Waals surface area contributed by atoms with Gasteiger partial charge in [0.2, 0.25) is 0 Å². The first-order chi connectivity index (χ1) is 9.32. The molecule has 0 saturated carbocycles. The Morgan fingerprint density at radius 1 is 1.40 bits per heavy atom. The van der Waals surface area contributed by atoms with Crippen LogP contribution in [0.2, 0.25) is 0 Å². The van der Waals surface area contributed by atoms with Gasteiger partial charge >= 0.3 is 12.0 Å². The summed E-state index contributed by atoms with van der Waals surface area (Å²) in [6, 6.07) is -0.760. The van der Waals surface area contributed by atoms with Crippen LogP contribution in [0.25, 0.3) is 0 Å². The van der Waals surface area contributed by atoms with E-state index in [1.165, 1.54) is 6.92 Å². The lowest BCUT2D eigenvalue weighted by molar-refractivity contribution is -0.150. The lowest BCUT2D eigenvalue weighted by atomic mass is 9.89. The molecule has 0 spiro atoms. The minimum atomic E-state index is -2.73. The van der Waals surface area contributed by atoms with Crippen molar-refractivity contribution in [1.29, 1.82) is 0 Å². The number of carboxylic acids is 1. The summed E-state index contributed by atoms with van der Waals surface area (Å²) in [5.74, 6) is -1.15. The molecule has 1 unspecified atom stereocenters. The molecule has 0 bridgehead atoms. The van der Waals surface area contributed by atoms with Crippen molar-refractivity contribution in [2.24, 2.45) is 0 Å². The lowest BCUT2D eigenvalue weighted by Gasteiger charge is -2.43. The van der Waals surface area contributed by atoms with E-state index in [1.54, 1.807) is 0 Å². The van der Waals surface area contributed by atoms with E-state index in [9.17, 15) is 23.5 Å². The van der Waals surface area contributed by atoms with Gasteiger partial charge in [0, 0.05) is 13.1 Å². The minimum absolute atomic E-state index is 0.215. The van der Waals surface area contributed by atoms with E-state index < -0.39 is 37.1 Å². The van der Waals surface area contributed by atoms with Gasteiger partial charge in [0.05, 0.1) is 13.2 Å². The Bertz CT molecular complexity index is 367. The highest BCUT2D eigenvalue weighted by molar-refractivity contribution is 5.86. The maximum atomic E-state index is 12.5. The van der Waals surface area contributed by atoms with Gasteiger partial charge in [-0.15, -0.1) is 0 Å². The molecule has 1 aliphatic heterocycles. The standard InChI is InChI=1S/C12H20F2N2O4/c1-12(10(18)19)4-2-3-5-16(12)11(20)15(6-7-17)8-9(13)14/h9,17H,2-8H2,1H3,(H,18,19). The molecule has 20 heavy (non-hydrogen) atoms. The number of likely N-dealkylation sites (tertiary alicyclic amines) is 1. The van der Waals surface area contributed by atoms with Crippen molar-refractivity contribution < 1.29 is 28.6 Å². The maximum absolute atomic E-state index is 12.5. The van der Waals surface area contributed by atoms with Crippen LogP contribution >= 0.6 is 0 Å². The van der Waals surface area contributed by atoms with E-state index in [0.29, 0.717) is 12.8 Å².